The molecule has 1 aromatic heterocycles. The third-order valence-electron chi connectivity index (χ3n) is 4.72. The molecule has 0 spiro atoms. The molecule has 3 aromatic rings. The molecule has 4 heteroatoms. The number of nitrogens with zero attached hydrogens (tertiary/aromatic N) is 1. The highest BCUT2D eigenvalue weighted by Gasteiger charge is 2.17. The van der Waals surface area contributed by atoms with Gasteiger partial charge in [0.1, 0.15) is 0 Å². The molecule has 0 bridgehead atoms. The average molecular weight is 367 g/mol. The second-order valence-corrected chi connectivity index (χ2v) is 6.87. The number of primary amides is 1. The number of hydrogen-bond donors (Lipinski definition) is 1. The van der Waals surface area contributed by atoms with E-state index >= 15 is 0 Å². The highest BCUT2D eigenvalue weighted by Crippen LogP contribution is 2.31. The predicted molar refractivity (Wildman–Crippen MR) is 108 cm³/mol. The first kappa shape index (κ1) is 18.3. The molecule has 2 N–H and O–H groups in total. The highest BCUT2D eigenvalue weighted by atomic mass is 35.5. The summed E-state index contributed by atoms with van der Waals surface area (Å²) in [5.41, 5.74) is 10.2. The fourth-order valence-electron chi connectivity index (χ4n) is 3.32. The average Bonchev–Trinajstić information content (AvgIpc) is 2.97. The molecule has 134 valence electrons. The van der Waals surface area contributed by atoms with Crippen LogP contribution in [0.15, 0.2) is 60.7 Å². The van der Waals surface area contributed by atoms with E-state index in [1.165, 1.54) is 5.56 Å². The van der Waals surface area contributed by atoms with Crippen LogP contribution in [0.25, 0.3) is 11.3 Å². The SMILES string of the molecule is Cc1c(C(N)=O)cc(-c2ccccc2Cl)n1CCCCc1ccccc1. The van der Waals surface area contributed by atoms with Crippen LogP contribution in [0.4, 0.5) is 0 Å². The summed E-state index contributed by atoms with van der Waals surface area (Å²) in [7, 11) is 0. The zero-order chi connectivity index (χ0) is 18.5. The lowest BCUT2D eigenvalue weighted by molar-refractivity contribution is 0.0999. The Morgan fingerprint density at radius 2 is 1.73 bits per heavy atom. The molecular formula is C22H23ClN2O. The van der Waals surface area contributed by atoms with Gasteiger partial charge < -0.3 is 10.3 Å². The van der Waals surface area contributed by atoms with Gasteiger partial charge in [0, 0.05) is 22.8 Å². The minimum atomic E-state index is -0.404. The quantitative estimate of drug-likeness (QED) is 0.571. The van der Waals surface area contributed by atoms with E-state index in [1.54, 1.807) is 0 Å². The number of hydrogen-bond acceptors (Lipinski definition) is 1. The third-order valence-corrected chi connectivity index (χ3v) is 5.05. The van der Waals surface area contributed by atoms with Gasteiger partial charge in [-0.1, -0.05) is 60.1 Å². The van der Waals surface area contributed by atoms with Crippen molar-refractivity contribution in [3.63, 3.8) is 0 Å². The number of carbonyl (C=O) groups excluding carboxylic acids is 1. The Kier molecular flexibility index (Phi) is 5.79. The summed E-state index contributed by atoms with van der Waals surface area (Å²) in [6.45, 7) is 2.77. The summed E-state index contributed by atoms with van der Waals surface area (Å²) in [6.07, 6.45) is 3.14. The van der Waals surface area contributed by atoms with Crippen molar-refractivity contribution in [1.82, 2.24) is 4.57 Å². The first-order valence-corrected chi connectivity index (χ1v) is 9.24. The number of amides is 1. The van der Waals surface area contributed by atoms with Gasteiger partial charge in [0.15, 0.2) is 0 Å². The summed E-state index contributed by atoms with van der Waals surface area (Å²) >= 11 is 6.38. The lowest BCUT2D eigenvalue weighted by Crippen LogP contribution is -2.12. The number of rotatable bonds is 7. The molecule has 0 aliphatic rings. The van der Waals surface area contributed by atoms with E-state index in [2.05, 4.69) is 28.8 Å². The van der Waals surface area contributed by atoms with Crippen molar-refractivity contribution in [3.05, 3.63) is 82.5 Å². The Hall–Kier alpha value is -2.52. The van der Waals surface area contributed by atoms with Crippen LogP contribution in [0.5, 0.6) is 0 Å². The zero-order valence-electron chi connectivity index (χ0n) is 14.9. The maximum atomic E-state index is 11.8. The second kappa shape index (κ2) is 8.24. The fraction of sp³-hybridized carbons (Fsp3) is 0.227. The summed E-state index contributed by atoms with van der Waals surface area (Å²) in [5, 5.41) is 0.673. The van der Waals surface area contributed by atoms with Crippen LogP contribution in [-0.4, -0.2) is 10.5 Å². The van der Waals surface area contributed by atoms with Crippen molar-refractivity contribution in [2.75, 3.05) is 0 Å². The van der Waals surface area contributed by atoms with Crippen molar-refractivity contribution in [3.8, 4) is 11.3 Å². The fourth-order valence-corrected chi connectivity index (χ4v) is 3.55. The van der Waals surface area contributed by atoms with Crippen molar-refractivity contribution in [2.45, 2.75) is 32.7 Å². The standard InChI is InChI=1S/C22H23ClN2O/c1-16-19(22(24)26)15-21(18-12-5-6-13-20(18)23)25(16)14-8-7-11-17-9-3-2-4-10-17/h2-6,9-10,12-13,15H,7-8,11,14H2,1H3,(H2,24,26). The van der Waals surface area contributed by atoms with Crippen LogP contribution in [0, 0.1) is 6.92 Å². The molecule has 26 heavy (non-hydrogen) atoms. The number of benzene rings is 2. The summed E-state index contributed by atoms with van der Waals surface area (Å²) in [6, 6.07) is 20.0. The van der Waals surface area contributed by atoms with Crippen LogP contribution in [0.3, 0.4) is 0 Å². The molecule has 0 unspecified atom stereocenters. The minimum absolute atomic E-state index is 0.404. The molecule has 0 aliphatic carbocycles. The third kappa shape index (κ3) is 4.00. The van der Waals surface area contributed by atoms with E-state index in [4.69, 9.17) is 17.3 Å². The highest BCUT2D eigenvalue weighted by molar-refractivity contribution is 6.33. The predicted octanol–water partition coefficient (Wildman–Crippen LogP) is 5.24. The maximum Gasteiger partial charge on any atom is 0.250 e. The van der Waals surface area contributed by atoms with E-state index < -0.39 is 5.91 Å². The Morgan fingerprint density at radius 1 is 1.04 bits per heavy atom. The Bertz CT molecular complexity index is 900. The normalized spacial score (nSPS) is 10.8. The number of halogens is 1. The lowest BCUT2D eigenvalue weighted by atomic mass is 10.1. The Morgan fingerprint density at radius 3 is 2.42 bits per heavy atom. The zero-order valence-corrected chi connectivity index (χ0v) is 15.7. The lowest BCUT2D eigenvalue weighted by Gasteiger charge is -2.13. The van der Waals surface area contributed by atoms with Gasteiger partial charge in [-0.3, -0.25) is 4.79 Å². The molecule has 0 aliphatic heterocycles. The van der Waals surface area contributed by atoms with Crippen LogP contribution in [-0.2, 0) is 13.0 Å². The Labute approximate surface area is 159 Å². The molecule has 2 aromatic carbocycles. The van der Waals surface area contributed by atoms with Crippen LogP contribution in [0.1, 0.15) is 34.5 Å². The number of carbonyl (C=O) groups is 1. The van der Waals surface area contributed by atoms with Crippen LogP contribution >= 0.6 is 11.6 Å². The van der Waals surface area contributed by atoms with Gasteiger partial charge in [-0.15, -0.1) is 0 Å². The Balaban J connectivity index is 1.81. The van der Waals surface area contributed by atoms with Crippen LogP contribution in [0.2, 0.25) is 5.02 Å². The van der Waals surface area contributed by atoms with Gasteiger partial charge in [0.25, 0.3) is 5.91 Å². The molecular weight excluding hydrogens is 344 g/mol. The number of nitrogens with two attached hydrogens (primary N) is 1. The van der Waals surface area contributed by atoms with E-state index in [0.29, 0.717) is 10.6 Å². The molecule has 3 nitrogen and oxygen atoms in total. The molecule has 1 heterocycles. The van der Waals surface area contributed by atoms with Crippen molar-refractivity contribution >= 4 is 17.5 Å². The maximum absolute atomic E-state index is 11.8. The summed E-state index contributed by atoms with van der Waals surface area (Å²) < 4.78 is 2.16. The van der Waals surface area contributed by atoms with Gasteiger partial charge in [-0.2, -0.15) is 0 Å². The minimum Gasteiger partial charge on any atom is -0.366 e. The van der Waals surface area contributed by atoms with E-state index in [-0.39, 0.29) is 0 Å². The molecule has 0 radical (unpaired) electrons. The molecule has 0 saturated carbocycles. The largest absolute Gasteiger partial charge is 0.366 e. The van der Waals surface area contributed by atoms with E-state index in [0.717, 1.165) is 42.8 Å². The van der Waals surface area contributed by atoms with Crippen molar-refractivity contribution < 1.29 is 4.79 Å². The molecule has 0 fully saturated rings. The summed E-state index contributed by atoms with van der Waals surface area (Å²) in [5.74, 6) is -0.404. The van der Waals surface area contributed by atoms with Gasteiger partial charge >= 0.3 is 0 Å². The molecule has 1 amide bonds. The van der Waals surface area contributed by atoms with Crippen molar-refractivity contribution in [2.24, 2.45) is 5.73 Å². The van der Waals surface area contributed by atoms with Crippen molar-refractivity contribution in [1.29, 1.82) is 0 Å². The first-order chi connectivity index (χ1) is 12.6. The molecule has 0 saturated heterocycles. The number of aromatic nitrogens is 1. The van der Waals surface area contributed by atoms with E-state index in [1.807, 2.05) is 43.3 Å². The topological polar surface area (TPSA) is 48.0 Å². The molecule has 3 rings (SSSR count). The number of unbranched alkanes of at least 4 members (excludes halogenated alkanes) is 1. The van der Waals surface area contributed by atoms with Crippen LogP contribution < -0.4 is 5.73 Å². The first-order valence-electron chi connectivity index (χ1n) is 8.86. The second-order valence-electron chi connectivity index (χ2n) is 6.47. The van der Waals surface area contributed by atoms with Gasteiger partial charge in [-0.05, 0) is 43.9 Å². The van der Waals surface area contributed by atoms with E-state index in [9.17, 15) is 4.79 Å². The smallest absolute Gasteiger partial charge is 0.250 e. The van der Waals surface area contributed by atoms with Gasteiger partial charge in [0.05, 0.1) is 11.3 Å². The number of aryl methyl sites for hydroxylation is 1. The molecule has 0 atom stereocenters. The van der Waals surface area contributed by atoms with Gasteiger partial charge in [-0.25, -0.2) is 0 Å². The monoisotopic (exact) mass is 366 g/mol. The summed E-state index contributed by atoms with van der Waals surface area (Å²) in [4.78, 5) is 11.8. The van der Waals surface area contributed by atoms with Gasteiger partial charge in [0.2, 0.25) is 0 Å².